The van der Waals surface area contributed by atoms with Gasteiger partial charge >= 0.3 is 5.97 Å². The lowest BCUT2D eigenvalue weighted by Gasteiger charge is -2.22. The molecule has 1 fully saturated rings. The number of nitrogens with zero attached hydrogens (tertiary/aromatic N) is 1. The van der Waals surface area contributed by atoms with Gasteiger partial charge in [0, 0.05) is 18.2 Å². The molecule has 1 aromatic rings. The SMILES string of the molecule is CCOC(=O)CCN(C(=O)c1ccc(OC)c(F)c1)C1CC1. The highest BCUT2D eigenvalue weighted by Gasteiger charge is 2.33. The van der Waals surface area contributed by atoms with Gasteiger partial charge in [-0.25, -0.2) is 4.39 Å². The highest BCUT2D eigenvalue weighted by molar-refractivity contribution is 5.95. The largest absolute Gasteiger partial charge is 0.494 e. The lowest BCUT2D eigenvalue weighted by atomic mass is 10.1. The van der Waals surface area contributed by atoms with Crippen molar-refractivity contribution in [2.45, 2.75) is 32.2 Å². The minimum Gasteiger partial charge on any atom is -0.494 e. The summed E-state index contributed by atoms with van der Waals surface area (Å²) in [6, 6.07) is 4.26. The number of benzene rings is 1. The van der Waals surface area contributed by atoms with E-state index in [2.05, 4.69) is 0 Å². The standard InChI is InChI=1S/C16H20FNO4/c1-3-22-15(19)8-9-18(12-5-6-12)16(20)11-4-7-14(21-2)13(17)10-11/h4,7,10,12H,3,5-6,8-9H2,1-2H3. The smallest absolute Gasteiger partial charge is 0.307 e. The summed E-state index contributed by atoms with van der Waals surface area (Å²) in [6.45, 7) is 2.34. The summed E-state index contributed by atoms with van der Waals surface area (Å²) >= 11 is 0. The van der Waals surface area contributed by atoms with Crippen molar-refractivity contribution in [3.8, 4) is 5.75 Å². The molecule has 120 valence electrons. The molecular formula is C16H20FNO4. The van der Waals surface area contributed by atoms with Gasteiger partial charge in [0.15, 0.2) is 11.6 Å². The zero-order valence-electron chi connectivity index (χ0n) is 12.8. The van der Waals surface area contributed by atoms with Crippen LogP contribution in [-0.2, 0) is 9.53 Å². The van der Waals surface area contributed by atoms with Crippen molar-refractivity contribution in [3.05, 3.63) is 29.6 Å². The molecule has 0 aliphatic heterocycles. The number of esters is 1. The highest BCUT2D eigenvalue weighted by Crippen LogP contribution is 2.29. The molecule has 0 N–H and O–H groups in total. The van der Waals surface area contributed by atoms with Crippen molar-refractivity contribution < 1.29 is 23.5 Å². The van der Waals surface area contributed by atoms with Crippen LogP contribution in [0.5, 0.6) is 5.75 Å². The number of methoxy groups -OCH3 is 1. The van der Waals surface area contributed by atoms with E-state index in [0.29, 0.717) is 6.61 Å². The van der Waals surface area contributed by atoms with Crippen molar-refractivity contribution in [3.63, 3.8) is 0 Å². The maximum atomic E-state index is 13.7. The number of amides is 1. The molecule has 0 heterocycles. The fraction of sp³-hybridized carbons (Fsp3) is 0.500. The third kappa shape index (κ3) is 3.96. The molecule has 6 heteroatoms. The van der Waals surface area contributed by atoms with Gasteiger partial charge < -0.3 is 14.4 Å². The van der Waals surface area contributed by atoms with Gasteiger partial charge in [0.25, 0.3) is 5.91 Å². The molecule has 1 saturated carbocycles. The van der Waals surface area contributed by atoms with Gasteiger partial charge in [-0.2, -0.15) is 0 Å². The van der Waals surface area contributed by atoms with Crippen LogP contribution < -0.4 is 4.74 Å². The van der Waals surface area contributed by atoms with Gasteiger partial charge in [-0.3, -0.25) is 9.59 Å². The Bertz CT molecular complexity index is 557. The Morgan fingerprint density at radius 2 is 2.09 bits per heavy atom. The molecule has 1 amide bonds. The Kier molecular flexibility index (Phi) is 5.35. The molecule has 2 rings (SSSR count). The molecule has 0 bridgehead atoms. The van der Waals surface area contributed by atoms with E-state index in [9.17, 15) is 14.0 Å². The molecule has 1 aromatic carbocycles. The third-order valence-corrected chi connectivity index (χ3v) is 3.51. The van der Waals surface area contributed by atoms with E-state index in [1.54, 1.807) is 11.8 Å². The Labute approximate surface area is 129 Å². The van der Waals surface area contributed by atoms with Gasteiger partial charge in [-0.1, -0.05) is 0 Å². The van der Waals surface area contributed by atoms with Crippen LogP contribution in [0.15, 0.2) is 18.2 Å². The summed E-state index contributed by atoms with van der Waals surface area (Å²) in [6.07, 6.45) is 1.97. The molecule has 22 heavy (non-hydrogen) atoms. The first-order valence-electron chi connectivity index (χ1n) is 7.37. The van der Waals surface area contributed by atoms with Crippen molar-refractivity contribution in [2.24, 2.45) is 0 Å². The van der Waals surface area contributed by atoms with E-state index in [4.69, 9.17) is 9.47 Å². The third-order valence-electron chi connectivity index (χ3n) is 3.51. The molecule has 0 aromatic heterocycles. The molecule has 5 nitrogen and oxygen atoms in total. The molecule has 0 atom stereocenters. The van der Waals surface area contributed by atoms with Gasteiger partial charge in [-0.05, 0) is 38.0 Å². The van der Waals surface area contributed by atoms with E-state index in [1.807, 2.05) is 0 Å². The van der Waals surface area contributed by atoms with Crippen LogP contribution in [0.3, 0.4) is 0 Å². The Balaban J connectivity index is 2.06. The summed E-state index contributed by atoms with van der Waals surface area (Å²) in [5.74, 6) is -1.08. The number of halogens is 1. The van der Waals surface area contributed by atoms with Crippen molar-refractivity contribution in [1.29, 1.82) is 0 Å². The van der Waals surface area contributed by atoms with Crippen LogP contribution >= 0.6 is 0 Å². The maximum absolute atomic E-state index is 13.7. The van der Waals surface area contributed by atoms with E-state index in [-0.39, 0.29) is 42.2 Å². The minimum absolute atomic E-state index is 0.0982. The Hall–Kier alpha value is -2.11. The summed E-state index contributed by atoms with van der Waals surface area (Å²) in [7, 11) is 1.37. The topological polar surface area (TPSA) is 55.8 Å². The molecular weight excluding hydrogens is 289 g/mol. The van der Waals surface area contributed by atoms with Crippen LogP contribution in [0.1, 0.15) is 36.5 Å². The Morgan fingerprint density at radius 1 is 1.36 bits per heavy atom. The van der Waals surface area contributed by atoms with E-state index in [1.165, 1.54) is 25.3 Å². The van der Waals surface area contributed by atoms with Crippen LogP contribution in [0.25, 0.3) is 0 Å². The highest BCUT2D eigenvalue weighted by atomic mass is 19.1. The number of carbonyl (C=O) groups is 2. The maximum Gasteiger partial charge on any atom is 0.307 e. The molecule has 1 aliphatic carbocycles. The van der Waals surface area contributed by atoms with Gasteiger partial charge in [0.1, 0.15) is 0 Å². The Morgan fingerprint density at radius 3 is 2.64 bits per heavy atom. The minimum atomic E-state index is -0.575. The molecule has 0 unspecified atom stereocenters. The fourth-order valence-electron chi connectivity index (χ4n) is 2.25. The van der Waals surface area contributed by atoms with Crippen LogP contribution in [0.4, 0.5) is 4.39 Å². The first kappa shape index (κ1) is 16.3. The predicted octanol–water partition coefficient (Wildman–Crippen LogP) is 2.39. The normalized spacial score (nSPS) is 13.6. The summed E-state index contributed by atoms with van der Waals surface area (Å²) in [5.41, 5.74) is 0.258. The quantitative estimate of drug-likeness (QED) is 0.726. The second kappa shape index (κ2) is 7.24. The van der Waals surface area contributed by atoms with Crippen LogP contribution in [0.2, 0.25) is 0 Å². The summed E-state index contributed by atoms with van der Waals surface area (Å²) in [5, 5.41) is 0. The summed E-state index contributed by atoms with van der Waals surface area (Å²) < 4.78 is 23.5. The summed E-state index contributed by atoms with van der Waals surface area (Å²) in [4.78, 5) is 25.6. The number of hydrogen-bond acceptors (Lipinski definition) is 4. The van der Waals surface area contributed by atoms with E-state index >= 15 is 0 Å². The van der Waals surface area contributed by atoms with E-state index < -0.39 is 5.82 Å². The van der Waals surface area contributed by atoms with Gasteiger partial charge in [-0.15, -0.1) is 0 Å². The zero-order chi connectivity index (χ0) is 16.1. The molecule has 0 saturated heterocycles. The van der Waals surface area contributed by atoms with Crippen LogP contribution in [0, 0.1) is 5.82 Å². The second-order valence-electron chi connectivity index (χ2n) is 5.13. The van der Waals surface area contributed by atoms with Gasteiger partial charge in [0.05, 0.1) is 20.1 Å². The number of hydrogen-bond donors (Lipinski definition) is 0. The molecule has 1 aliphatic rings. The van der Waals surface area contributed by atoms with E-state index in [0.717, 1.165) is 12.8 Å². The van der Waals surface area contributed by atoms with Crippen LogP contribution in [-0.4, -0.2) is 43.1 Å². The lowest BCUT2D eigenvalue weighted by Crippen LogP contribution is -2.35. The average molecular weight is 309 g/mol. The van der Waals surface area contributed by atoms with Crippen molar-refractivity contribution in [1.82, 2.24) is 4.90 Å². The first-order valence-corrected chi connectivity index (χ1v) is 7.37. The number of rotatable bonds is 7. The predicted molar refractivity (Wildman–Crippen MR) is 78.3 cm³/mol. The molecule has 0 radical (unpaired) electrons. The van der Waals surface area contributed by atoms with Crippen molar-refractivity contribution in [2.75, 3.05) is 20.3 Å². The first-order chi connectivity index (χ1) is 10.6. The average Bonchev–Trinajstić information content (AvgIpc) is 3.32. The molecule has 0 spiro atoms. The van der Waals surface area contributed by atoms with Crippen molar-refractivity contribution >= 4 is 11.9 Å². The fourth-order valence-corrected chi connectivity index (χ4v) is 2.25. The number of carbonyl (C=O) groups excluding carboxylic acids is 2. The zero-order valence-corrected chi connectivity index (χ0v) is 12.8. The van der Waals surface area contributed by atoms with Gasteiger partial charge in [0.2, 0.25) is 0 Å². The lowest BCUT2D eigenvalue weighted by molar-refractivity contribution is -0.143. The second-order valence-corrected chi connectivity index (χ2v) is 5.13. The monoisotopic (exact) mass is 309 g/mol. The number of ether oxygens (including phenoxy) is 2.